The second-order valence-electron chi connectivity index (χ2n) is 8.69. The van der Waals surface area contributed by atoms with Gasteiger partial charge in [-0.2, -0.15) is 4.31 Å². The molecule has 0 spiro atoms. The number of aryl methyl sites for hydroxylation is 2. The molecule has 0 saturated carbocycles. The molecule has 0 aliphatic heterocycles. The van der Waals surface area contributed by atoms with Crippen LogP contribution < -0.4 is 5.32 Å². The lowest BCUT2D eigenvalue weighted by atomic mass is 10.0. The van der Waals surface area contributed by atoms with Gasteiger partial charge in [-0.3, -0.25) is 10.1 Å². The van der Waals surface area contributed by atoms with Crippen molar-refractivity contribution >= 4 is 21.9 Å². The summed E-state index contributed by atoms with van der Waals surface area (Å²) < 4.78 is 33.3. The van der Waals surface area contributed by atoms with Gasteiger partial charge in [0.05, 0.1) is 11.3 Å². The zero-order valence-electron chi connectivity index (χ0n) is 20.9. The van der Waals surface area contributed by atoms with Crippen LogP contribution in [0.3, 0.4) is 0 Å². The summed E-state index contributed by atoms with van der Waals surface area (Å²) in [4.78, 5) is 12.8. The molecule has 3 aromatic rings. The molecular formula is C26H34N4O4S. The van der Waals surface area contributed by atoms with Crippen LogP contribution >= 0.6 is 0 Å². The third kappa shape index (κ3) is 6.99. The Morgan fingerprint density at radius 3 is 2.20 bits per heavy atom. The fourth-order valence-corrected chi connectivity index (χ4v) is 5.10. The molecule has 0 saturated heterocycles. The molecule has 2 aromatic carbocycles. The Hall–Kier alpha value is -3.04. The van der Waals surface area contributed by atoms with Gasteiger partial charge in [-0.15, -0.1) is 5.10 Å². The fourth-order valence-electron chi connectivity index (χ4n) is 3.58. The van der Waals surface area contributed by atoms with Gasteiger partial charge in [0.2, 0.25) is 15.9 Å². The van der Waals surface area contributed by atoms with E-state index in [1.165, 1.54) is 39.7 Å². The smallest absolute Gasteiger partial charge is 0.322 e. The van der Waals surface area contributed by atoms with Gasteiger partial charge in [0.15, 0.2) is 0 Å². The molecule has 188 valence electrons. The van der Waals surface area contributed by atoms with Crippen molar-refractivity contribution in [2.45, 2.75) is 64.7 Å². The van der Waals surface area contributed by atoms with Crippen LogP contribution in [0.2, 0.25) is 0 Å². The Bertz CT molecular complexity index is 1230. The maximum Gasteiger partial charge on any atom is 0.322 e. The van der Waals surface area contributed by atoms with E-state index in [2.05, 4.69) is 28.5 Å². The minimum Gasteiger partial charge on any atom is -0.407 e. The maximum atomic E-state index is 13.1. The summed E-state index contributed by atoms with van der Waals surface area (Å²) in [5.74, 6) is -0.0617. The summed E-state index contributed by atoms with van der Waals surface area (Å²) in [6.07, 6.45) is 3.90. The summed E-state index contributed by atoms with van der Waals surface area (Å²) in [5.41, 5.74) is 3.73. The number of benzene rings is 2. The molecule has 0 atom stereocenters. The highest BCUT2D eigenvalue weighted by Gasteiger charge is 2.24. The molecule has 1 aromatic heterocycles. The molecule has 0 aliphatic carbocycles. The number of hydrogen-bond acceptors (Lipinski definition) is 6. The largest absolute Gasteiger partial charge is 0.407 e. The number of aromatic nitrogens is 2. The number of nitrogens with zero attached hydrogens (tertiary/aromatic N) is 3. The first-order valence-corrected chi connectivity index (χ1v) is 13.5. The zero-order chi connectivity index (χ0) is 25.4. The van der Waals surface area contributed by atoms with Crippen LogP contribution in [-0.2, 0) is 16.4 Å². The molecule has 1 heterocycles. The minimum absolute atomic E-state index is 0.00385. The van der Waals surface area contributed by atoms with E-state index >= 15 is 0 Å². The highest BCUT2D eigenvalue weighted by molar-refractivity contribution is 7.89. The maximum absolute atomic E-state index is 13.1. The van der Waals surface area contributed by atoms with E-state index in [-0.39, 0.29) is 10.9 Å². The van der Waals surface area contributed by atoms with Gasteiger partial charge >= 0.3 is 6.01 Å². The third-order valence-corrected chi connectivity index (χ3v) is 7.80. The van der Waals surface area contributed by atoms with Crippen molar-refractivity contribution in [3.63, 3.8) is 0 Å². The first-order valence-electron chi connectivity index (χ1n) is 12.0. The molecule has 0 aliphatic rings. The quantitative estimate of drug-likeness (QED) is 0.372. The molecule has 0 bridgehead atoms. The number of sulfonamides is 1. The van der Waals surface area contributed by atoms with Crippen LogP contribution in [0, 0.1) is 13.8 Å². The van der Waals surface area contributed by atoms with Gasteiger partial charge in [0.1, 0.15) is 0 Å². The summed E-state index contributed by atoms with van der Waals surface area (Å²) in [6, 6.07) is 12.0. The van der Waals surface area contributed by atoms with E-state index in [0.717, 1.165) is 31.2 Å². The standard InChI is InChI=1S/C26H34N4O4S/c1-5-7-15-30(16-8-6-2)35(32,33)23-13-11-22(12-14-23)25(31)27-26-29-28-24(34-26)18-21-10-9-19(3)20(4)17-21/h9-14,17H,5-8,15-16,18H2,1-4H3,(H,27,29,31). The van der Waals surface area contributed by atoms with Crippen LogP contribution in [0.1, 0.15) is 72.5 Å². The van der Waals surface area contributed by atoms with Crippen LogP contribution in [0.25, 0.3) is 0 Å². The van der Waals surface area contributed by atoms with Crippen molar-refractivity contribution < 1.29 is 17.6 Å². The normalized spacial score (nSPS) is 11.7. The number of nitrogens with one attached hydrogen (secondary N) is 1. The highest BCUT2D eigenvalue weighted by atomic mass is 32.2. The van der Waals surface area contributed by atoms with Crippen LogP contribution in [0.4, 0.5) is 6.01 Å². The van der Waals surface area contributed by atoms with E-state index in [4.69, 9.17) is 4.42 Å². The lowest BCUT2D eigenvalue weighted by Crippen LogP contribution is -2.33. The van der Waals surface area contributed by atoms with Crippen LogP contribution in [0.15, 0.2) is 51.8 Å². The van der Waals surface area contributed by atoms with Crippen molar-refractivity contribution in [1.82, 2.24) is 14.5 Å². The van der Waals surface area contributed by atoms with E-state index in [1.54, 1.807) is 0 Å². The van der Waals surface area contributed by atoms with E-state index in [1.807, 2.05) is 32.9 Å². The zero-order valence-corrected chi connectivity index (χ0v) is 21.7. The van der Waals surface area contributed by atoms with E-state index in [9.17, 15) is 13.2 Å². The average molecular weight is 499 g/mol. The molecule has 8 nitrogen and oxygen atoms in total. The monoisotopic (exact) mass is 498 g/mol. The fraction of sp³-hybridized carbons (Fsp3) is 0.423. The van der Waals surface area contributed by atoms with Gasteiger partial charge < -0.3 is 4.42 Å². The second kappa shape index (κ2) is 12.1. The number of carbonyl (C=O) groups excluding carboxylic acids is 1. The Morgan fingerprint density at radius 2 is 1.60 bits per heavy atom. The molecule has 35 heavy (non-hydrogen) atoms. The minimum atomic E-state index is -3.62. The van der Waals surface area contributed by atoms with Crippen LogP contribution in [0.5, 0.6) is 0 Å². The molecule has 0 fully saturated rings. The number of anilines is 1. The lowest BCUT2D eigenvalue weighted by Gasteiger charge is -2.22. The number of unbranched alkanes of at least 4 members (excludes halogenated alkanes) is 2. The second-order valence-corrected chi connectivity index (χ2v) is 10.6. The number of carbonyl (C=O) groups is 1. The summed E-state index contributed by atoms with van der Waals surface area (Å²) >= 11 is 0. The van der Waals surface area contributed by atoms with Crippen molar-refractivity contribution in [3.8, 4) is 0 Å². The molecule has 0 radical (unpaired) electrons. The summed E-state index contributed by atoms with van der Waals surface area (Å²) in [7, 11) is -3.62. The van der Waals surface area contributed by atoms with Crippen molar-refractivity contribution in [1.29, 1.82) is 0 Å². The van der Waals surface area contributed by atoms with Gasteiger partial charge in [-0.1, -0.05) is 50.0 Å². The molecule has 9 heteroatoms. The number of hydrogen-bond donors (Lipinski definition) is 1. The van der Waals surface area contributed by atoms with Gasteiger partial charge in [-0.25, -0.2) is 8.42 Å². The first kappa shape index (κ1) is 26.6. The van der Waals surface area contributed by atoms with Crippen molar-refractivity contribution in [3.05, 3.63) is 70.6 Å². The Balaban J connectivity index is 1.66. The van der Waals surface area contributed by atoms with E-state index < -0.39 is 15.9 Å². The highest BCUT2D eigenvalue weighted by Crippen LogP contribution is 2.19. The number of rotatable bonds is 12. The van der Waals surface area contributed by atoms with Gasteiger partial charge in [0.25, 0.3) is 5.91 Å². The number of amides is 1. The van der Waals surface area contributed by atoms with Gasteiger partial charge in [0, 0.05) is 18.7 Å². The predicted molar refractivity (Wildman–Crippen MR) is 136 cm³/mol. The molecule has 1 amide bonds. The Labute approximate surface area is 207 Å². The summed E-state index contributed by atoms with van der Waals surface area (Å²) in [5, 5.41) is 10.5. The Morgan fingerprint density at radius 1 is 0.943 bits per heavy atom. The first-order chi connectivity index (χ1) is 16.7. The SMILES string of the molecule is CCCCN(CCCC)S(=O)(=O)c1ccc(C(=O)Nc2nnc(Cc3ccc(C)c(C)c3)o2)cc1. The van der Waals surface area contributed by atoms with Gasteiger partial charge in [-0.05, 0) is 67.6 Å². The van der Waals surface area contributed by atoms with Crippen molar-refractivity contribution in [2.75, 3.05) is 18.4 Å². The third-order valence-electron chi connectivity index (χ3n) is 5.89. The predicted octanol–water partition coefficient (Wildman–Crippen LogP) is 5.12. The molecule has 1 N–H and O–H groups in total. The average Bonchev–Trinajstić information content (AvgIpc) is 3.28. The topological polar surface area (TPSA) is 105 Å². The summed E-state index contributed by atoms with van der Waals surface area (Å²) in [6.45, 7) is 9.15. The van der Waals surface area contributed by atoms with Crippen molar-refractivity contribution in [2.24, 2.45) is 0 Å². The molecule has 3 rings (SSSR count). The van der Waals surface area contributed by atoms with Crippen LogP contribution in [-0.4, -0.2) is 41.9 Å². The molecule has 0 unspecified atom stereocenters. The molecular weight excluding hydrogens is 464 g/mol. The Kier molecular flexibility index (Phi) is 9.17. The van der Waals surface area contributed by atoms with E-state index in [0.29, 0.717) is 31.0 Å². The lowest BCUT2D eigenvalue weighted by molar-refractivity contribution is 0.102.